The fourth-order valence-electron chi connectivity index (χ4n) is 3.23. The van der Waals surface area contributed by atoms with Crippen LogP contribution in [0.2, 0.25) is 10.0 Å². The Morgan fingerprint density at radius 3 is 2.30 bits per heavy atom. The van der Waals surface area contributed by atoms with Gasteiger partial charge in [-0.25, -0.2) is 9.29 Å². The number of nitrogens with zero attached hydrogens (tertiary/aromatic N) is 1. The minimum Gasteiger partial charge on any atom is -0.350 e. The summed E-state index contributed by atoms with van der Waals surface area (Å²) in [4.78, 5) is 27.7. The highest BCUT2D eigenvalue weighted by Gasteiger charge is 2.41. The van der Waals surface area contributed by atoms with Crippen LogP contribution in [0.4, 0.5) is 15.8 Å². The second kappa shape index (κ2) is 7.94. The Kier molecular flexibility index (Phi) is 5.33. The topological polar surface area (TPSA) is 49.4 Å². The Labute approximate surface area is 182 Å². The van der Waals surface area contributed by atoms with Gasteiger partial charge >= 0.3 is 0 Å². The molecule has 0 aromatic heterocycles. The maximum absolute atomic E-state index is 13.7. The van der Waals surface area contributed by atoms with Crippen molar-refractivity contribution in [2.75, 3.05) is 10.2 Å². The first-order valence-electron chi connectivity index (χ1n) is 9.03. The van der Waals surface area contributed by atoms with Crippen LogP contribution in [0, 0.1) is 12.7 Å². The molecule has 3 aromatic carbocycles. The van der Waals surface area contributed by atoms with E-state index in [-0.39, 0.29) is 27.0 Å². The zero-order chi connectivity index (χ0) is 21.4. The van der Waals surface area contributed by atoms with Crippen LogP contribution < -0.4 is 10.2 Å². The molecule has 0 saturated carbocycles. The number of rotatable bonds is 4. The van der Waals surface area contributed by atoms with Gasteiger partial charge in [-0.15, -0.1) is 0 Å². The van der Waals surface area contributed by atoms with Crippen molar-refractivity contribution in [2.24, 2.45) is 0 Å². The Morgan fingerprint density at radius 2 is 1.60 bits per heavy atom. The van der Waals surface area contributed by atoms with E-state index in [4.69, 9.17) is 23.2 Å². The van der Waals surface area contributed by atoms with E-state index in [0.717, 1.165) is 10.5 Å². The van der Waals surface area contributed by atoms with Gasteiger partial charge in [-0.1, -0.05) is 65.2 Å². The van der Waals surface area contributed by atoms with Crippen LogP contribution in [0.5, 0.6) is 0 Å². The quantitative estimate of drug-likeness (QED) is 0.518. The number of carbonyl (C=O) groups excluding carboxylic acids is 2. The molecule has 2 amide bonds. The van der Waals surface area contributed by atoms with E-state index in [1.165, 1.54) is 18.2 Å². The van der Waals surface area contributed by atoms with Gasteiger partial charge in [-0.2, -0.15) is 0 Å². The predicted molar refractivity (Wildman–Crippen MR) is 117 cm³/mol. The molecule has 0 spiro atoms. The van der Waals surface area contributed by atoms with Crippen LogP contribution in [0.3, 0.4) is 0 Å². The lowest BCUT2D eigenvalue weighted by atomic mass is 10.0. The molecule has 150 valence electrons. The van der Waals surface area contributed by atoms with Gasteiger partial charge in [0.15, 0.2) is 0 Å². The lowest BCUT2D eigenvalue weighted by molar-refractivity contribution is -0.120. The fourth-order valence-corrected chi connectivity index (χ4v) is 3.61. The third kappa shape index (κ3) is 3.58. The van der Waals surface area contributed by atoms with Gasteiger partial charge in [0.1, 0.15) is 11.5 Å². The van der Waals surface area contributed by atoms with Gasteiger partial charge in [0.05, 0.1) is 21.3 Å². The fraction of sp³-hybridized carbons (Fsp3) is 0.0435. The van der Waals surface area contributed by atoms with Crippen LogP contribution in [-0.2, 0) is 9.59 Å². The SMILES string of the molecule is Cc1ccc(C2=C(Nc3cccc(F)c3)C(=O)N(c3cccc(Cl)c3Cl)C2=O)cc1. The number of carbonyl (C=O) groups is 2. The van der Waals surface area contributed by atoms with Gasteiger partial charge in [0, 0.05) is 5.69 Å². The molecular weight excluding hydrogens is 426 g/mol. The summed E-state index contributed by atoms with van der Waals surface area (Å²) < 4.78 is 13.7. The highest BCUT2D eigenvalue weighted by molar-refractivity contribution is 6.50. The number of hydrogen-bond acceptors (Lipinski definition) is 3. The van der Waals surface area contributed by atoms with Crippen LogP contribution in [0.1, 0.15) is 11.1 Å². The van der Waals surface area contributed by atoms with Crippen molar-refractivity contribution >= 4 is 52.0 Å². The molecule has 7 heteroatoms. The zero-order valence-corrected chi connectivity index (χ0v) is 17.3. The van der Waals surface area contributed by atoms with E-state index in [1.807, 2.05) is 19.1 Å². The molecule has 4 nitrogen and oxygen atoms in total. The monoisotopic (exact) mass is 440 g/mol. The number of nitrogens with one attached hydrogen (secondary N) is 1. The molecule has 0 bridgehead atoms. The van der Waals surface area contributed by atoms with E-state index in [2.05, 4.69) is 5.32 Å². The number of imide groups is 1. The van der Waals surface area contributed by atoms with E-state index < -0.39 is 17.6 Å². The molecule has 1 N–H and O–H groups in total. The summed E-state index contributed by atoms with van der Waals surface area (Å²) >= 11 is 12.4. The third-order valence-electron chi connectivity index (χ3n) is 4.69. The highest BCUT2D eigenvalue weighted by Crippen LogP contribution is 2.39. The minimum absolute atomic E-state index is 0.0329. The number of benzene rings is 3. The minimum atomic E-state index is -0.607. The van der Waals surface area contributed by atoms with Gasteiger partial charge in [0.25, 0.3) is 11.8 Å². The molecule has 1 heterocycles. The van der Waals surface area contributed by atoms with Crippen LogP contribution >= 0.6 is 23.2 Å². The average Bonchev–Trinajstić information content (AvgIpc) is 2.95. The van der Waals surface area contributed by atoms with Crippen molar-refractivity contribution < 1.29 is 14.0 Å². The normalized spacial score (nSPS) is 13.9. The van der Waals surface area contributed by atoms with Crippen molar-refractivity contribution in [1.82, 2.24) is 0 Å². The average molecular weight is 441 g/mol. The summed E-state index contributed by atoms with van der Waals surface area (Å²) in [6.45, 7) is 1.92. The van der Waals surface area contributed by atoms with Crippen molar-refractivity contribution in [3.05, 3.63) is 99.4 Å². The molecule has 0 fully saturated rings. The summed E-state index contributed by atoms with van der Waals surface area (Å²) in [6, 6.07) is 17.6. The molecule has 3 aromatic rings. The van der Waals surface area contributed by atoms with Crippen molar-refractivity contribution in [2.45, 2.75) is 6.92 Å². The van der Waals surface area contributed by atoms with E-state index in [1.54, 1.807) is 36.4 Å². The summed E-state index contributed by atoms with van der Waals surface area (Å²) in [5, 5.41) is 3.22. The zero-order valence-electron chi connectivity index (χ0n) is 15.7. The lowest BCUT2D eigenvalue weighted by Gasteiger charge is -2.17. The number of amides is 2. The number of aryl methyl sites for hydroxylation is 1. The molecule has 1 aliphatic rings. The molecule has 0 unspecified atom stereocenters. The molecule has 0 saturated heterocycles. The Morgan fingerprint density at radius 1 is 0.900 bits per heavy atom. The van der Waals surface area contributed by atoms with Crippen LogP contribution in [0.15, 0.2) is 72.4 Å². The number of anilines is 2. The molecular formula is C23H15Cl2FN2O2. The molecule has 0 radical (unpaired) electrons. The smallest absolute Gasteiger partial charge is 0.282 e. The molecule has 1 aliphatic heterocycles. The van der Waals surface area contributed by atoms with Gasteiger partial charge in [-0.05, 0) is 42.8 Å². The summed E-state index contributed by atoms with van der Waals surface area (Å²) in [5.41, 5.74) is 2.28. The van der Waals surface area contributed by atoms with Crippen molar-refractivity contribution in [3.63, 3.8) is 0 Å². The second-order valence-electron chi connectivity index (χ2n) is 6.77. The maximum Gasteiger partial charge on any atom is 0.282 e. The first-order chi connectivity index (χ1) is 14.4. The van der Waals surface area contributed by atoms with Crippen LogP contribution in [-0.4, -0.2) is 11.8 Å². The van der Waals surface area contributed by atoms with Crippen molar-refractivity contribution in [3.8, 4) is 0 Å². The van der Waals surface area contributed by atoms with Gasteiger partial charge < -0.3 is 5.32 Å². The summed E-state index contributed by atoms with van der Waals surface area (Å²) in [6.07, 6.45) is 0. The van der Waals surface area contributed by atoms with E-state index in [0.29, 0.717) is 11.3 Å². The van der Waals surface area contributed by atoms with E-state index >= 15 is 0 Å². The maximum atomic E-state index is 13.7. The Bertz CT molecular complexity index is 1210. The predicted octanol–water partition coefficient (Wildman–Crippen LogP) is 5.84. The number of halogens is 3. The second-order valence-corrected chi connectivity index (χ2v) is 7.56. The summed E-state index contributed by atoms with van der Waals surface area (Å²) in [5.74, 6) is -1.63. The summed E-state index contributed by atoms with van der Waals surface area (Å²) in [7, 11) is 0. The van der Waals surface area contributed by atoms with Gasteiger partial charge in [-0.3, -0.25) is 9.59 Å². The molecule has 4 rings (SSSR count). The Hall–Kier alpha value is -3.15. The largest absolute Gasteiger partial charge is 0.350 e. The molecule has 0 atom stereocenters. The molecule has 0 aliphatic carbocycles. The van der Waals surface area contributed by atoms with E-state index in [9.17, 15) is 14.0 Å². The van der Waals surface area contributed by atoms with Crippen molar-refractivity contribution in [1.29, 1.82) is 0 Å². The molecule has 30 heavy (non-hydrogen) atoms. The van der Waals surface area contributed by atoms with Crippen LogP contribution in [0.25, 0.3) is 5.57 Å². The third-order valence-corrected chi connectivity index (χ3v) is 5.50. The Balaban J connectivity index is 1.86. The first-order valence-corrected chi connectivity index (χ1v) is 9.79. The highest BCUT2D eigenvalue weighted by atomic mass is 35.5. The standard InChI is InChI=1S/C23H15Cl2FN2O2/c1-13-8-10-14(11-9-13)19-21(27-16-5-2-4-15(26)12-16)23(30)28(22(19)29)18-7-3-6-17(24)20(18)25/h2-12,27H,1H3. The van der Waals surface area contributed by atoms with Gasteiger partial charge in [0.2, 0.25) is 0 Å². The number of hydrogen-bond donors (Lipinski definition) is 1. The first kappa shape index (κ1) is 20.1. The lowest BCUT2D eigenvalue weighted by Crippen LogP contribution is -2.32.